The van der Waals surface area contributed by atoms with E-state index >= 15 is 0 Å². The van der Waals surface area contributed by atoms with Gasteiger partial charge in [0.1, 0.15) is 12.2 Å². The van der Waals surface area contributed by atoms with Crippen molar-refractivity contribution >= 4 is 29.8 Å². The molecule has 0 saturated carbocycles. The highest BCUT2D eigenvalue weighted by atomic mass is 16.7. The summed E-state index contributed by atoms with van der Waals surface area (Å²) in [6.07, 6.45) is -3.92. The highest BCUT2D eigenvalue weighted by molar-refractivity contribution is 5.89. The molecular formula is C30H40O13. The third-order valence-corrected chi connectivity index (χ3v) is 9.06. The van der Waals surface area contributed by atoms with Gasteiger partial charge in [0, 0.05) is 38.5 Å². The summed E-state index contributed by atoms with van der Waals surface area (Å²) in [5, 5.41) is 23.0. The van der Waals surface area contributed by atoms with Gasteiger partial charge in [-0.05, 0) is 38.8 Å². The molecule has 1 spiro atoms. The van der Waals surface area contributed by atoms with Crippen molar-refractivity contribution in [2.75, 3.05) is 0 Å². The van der Waals surface area contributed by atoms with Crippen LogP contribution in [0.2, 0.25) is 0 Å². The zero-order valence-corrected chi connectivity index (χ0v) is 25.6. The molecule has 0 aromatic heterocycles. The maximum atomic E-state index is 13.2. The molecule has 2 N–H and O–H groups in total. The molecule has 2 fully saturated rings. The number of rotatable bonds is 6. The van der Waals surface area contributed by atoms with Gasteiger partial charge in [-0.15, -0.1) is 0 Å². The summed E-state index contributed by atoms with van der Waals surface area (Å²) in [7, 11) is 0. The Morgan fingerprint density at radius 1 is 0.953 bits per heavy atom. The zero-order chi connectivity index (χ0) is 32.3. The molecule has 0 aromatic rings. The lowest BCUT2D eigenvalue weighted by atomic mass is 9.55. The predicted molar refractivity (Wildman–Crippen MR) is 145 cm³/mol. The van der Waals surface area contributed by atoms with E-state index in [0.29, 0.717) is 6.42 Å². The molecule has 0 radical (unpaired) electrons. The van der Waals surface area contributed by atoms with Gasteiger partial charge < -0.3 is 38.6 Å². The Kier molecular flexibility index (Phi) is 8.35. The summed E-state index contributed by atoms with van der Waals surface area (Å²) in [5.74, 6) is -5.17. The van der Waals surface area contributed by atoms with Gasteiger partial charge in [0.15, 0.2) is 35.6 Å². The van der Waals surface area contributed by atoms with Gasteiger partial charge in [0.25, 0.3) is 0 Å². The van der Waals surface area contributed by atoms with Crippen LogP contribution in [0.4, 0.5) is 0 Å². The van der Waals surface area contributed by atoms with Gasteiger partial charge in [0.05, 0.1) is 5.60 Å². The first-order valence-corrected chi connectivity index (χ1v) is 14.3. The number of carbonyl (C=O) groups excluding carboxylic acids is 5. The Labute approximate surface area is 249 Å². The van der Waals surface area contributed by atoms with Crippen LogP contribution in [-0.2, 0) is 52.4 Å². The van der Waals surface area contributed by atoms with Crippen LogP contribution in [0.3, 0.4) is 0 Å². The molecule has 4 aliphatic rings. The van der Waals surface area contributed by atoms with E-state index in [-0.39, 0.29) is 12.0 Å². The predicted octanol–water partition coefficient (Wildman–Crippen LogP) is 1.21. The number of hydrogen-bond acceptors (Lipinski definition) is 13. The van der Waals surface area contributed by atoms with Gasteiger partial charge in [-0.1, -0.05) is 26.0 Å². The molecule has 11 atom stereocenters. The first-order valence-electron chi connectivity index (χ1n) is 14.3. The van der Waals surface area contributed by atoms with Crippen LogP contribution < -0.4 is 0 Å². The monoisotopic (exact) mass is 608 g/mol. The second-order valence-electron chi connectivity index (χ2n) is 12.3. The highest BCUT2D eigenvalue weighted by Crippen LogP contribution is 2.65. The number of carbonyl (C=O) groups is 5. The molecule has 2 saturated heterocycles. The summed E-state index contributed by atoms with van der Waals surface area (Å²) < 4.78 is 35.2. The van der Waals surface area contributed by atoms with Gasteiger partial charge in [-0.25, -0.2) is 4.79 Å². The molecule has 4 rings (SSSR count). The molecule has 2 aliphatic heterocycles. The number of ether oxygens (including phenoxy) is 6. The van der Waals surface area contributed by atoms with Crippen LogP contribution in [0.15, 0.2) is 23.8 Å². The fourth-order valence-corrected chi connectivity index (χ4v) is 7.06. The van der Waals surface area contributed by atoms with Crippen molar-refractivity contribution < 1.29 is 62.6 Å². The Morgan fingerprint density at radius 2 is 1.53 bits per heavy atom. The normalized spacial score (nSPS) is 44.3. The lowest BCUT2D eigenvalue weighted by molar-refractivity contribution is -0.230. The Bertz CT molecular complexity index is 1270. The Morgan fingerprint density at radius 3 is 2.07 bits per heavy atom. The second kappa shape index (κ2) is 11.0. The third-order valence-electron chi connectivity index (χ3n) is 9.06. The topological polar surface area (TPSA) is 184 Å². The van der Waals surface area contributed by atoms with E-state index in [1.807, 2.05) is 0 Å². The standard InChI is InChI=1S/C30H40O13/c1-9-10-20(35)42-21-14(2)13-19-30(29(8,43-30)26(36)41-19)25(40-17(5)33)23-27(6,12-11-18(34)28(23,7)37)24(39-16(4)32)22(21)38-15(3)31/h11-13,18-19,21-25,34,37H,9-10H2,1-8H3/b14-13-/t18-,19+,21+,22-,23-,24+,25+,27+,28-,29+,30+/m1/s1. The Hall–Kier alpha value is -3.29. The molecule has 0 amide bonds. The summed E-state index contributed by atoms with van der Waals surface area (Å²) in [6, 6.07) is 0. The fourth-order valence-electron chi connectivity index (χ4n) is 7.06. The van der Waals surface area contributed by atoms with Crippen molar-refractivity contribution in [3.05, 3.63) is 23.8 Å². The summed E-state index contributed by atoms with van der Waals surface area (Å²) in [5.41, 5.74) is -6.81. The number of aliphatic hydroxyl groups is 2. The Balaban J connectivity index is 2.10. The van der Waals surface area contributed by atoms with Gasteiger partial charge in [0.2, 0.25) is 0 Å². The van der Waals surface area contributed by atoms with Crippen molar-refractivity contribution in [1.29, 1.82) is 0 Å². The molecule has 13 heteroatoms. The number of fused-ring (bicyclic) bond motifs is 1. The first kappa shape index (κ1) is 32.6. The van der Waals surface area contributed by atoms with Crippen molar-refractivity contribution in [3.63, 3.8) is 0 Å². The minimum atomic E-state index is -2.12. The van der Waals surface area contributed by atoms with Crippen molar-refractivity contribution in [2.45, 2.75) is 122 Å². The molecule has 2 heterocycles. The zero-order valence-electron chi connectivity index (χ0n) is 25.6. The lowest BCUT2D eigenvalue weighted by Gasteiger charge is -2.55. The van der Waals surface area contributed by atoms with E-state index < -0.39 is 94.6 Å². The van der Waals surface area contributed by atoms with Crippen LogP contribution in [0, 0.1) is 11.3 Å². The van der Waals surface area contributed by atoms with E-state index in [0.717, 1.165) is 20.8 Å². The van der Waals surface area contributed by atoms with Crippen molar-refractivity contribution in [3.8, 4) is 0 Å². The SMILES string of the molecule is CCCC(=O)O[C@H]1/C(C)=C\[C@@H]2OC(=O)[C@]3(C)O[C@]23[C@@H](OC(C)=O)[C@H]2[C@](C)(O)[C@H](O)C=C[C@]2(C)[C@@H](OC(C)=O)[C@@H]1OC(C)=O. The average Bonchev–Trinajstić information content (AvgIpc) is 3.47. The van der Waals surface area contributed by atoms with Crippen LogP contribution >= 0.6 is 0 Å². The molecule has 13 nitrogen and oxygen atoms in total. The van der Waals surface area contributed by atoms with Crippen molar-refractivity contribution in [2.24, 2.45) is 11.3 Å². The first-order chi connectivity index (χ1) is 19.9. The summed E-state index contributed by atoms with van der Waals surface area (Å²) >= 11 is 0. The van der Waals surface area contributed by atoms with Gasteiger partial charge in [-0.3, -0.25) is 19.2 Å². The maximum absolute atomic E-state index is 13.2. The molecular weight excluding hydrogens is 568 g/mol. The fraction of sp³-hybridized carbons (Fsp3) is 0.700. The number of aliphatic hydroxyl groups excluding tert-OH is 1. The van der Waals surface area contributed by atoms with Gasteiger partial charge >= 0.3 is 29.8 Å². The summed E-state index contributed by atoms with van der Waals surface area (Å²) in [4.78, 5) is 64.0. The maximum Gasteiger partial charge on any atom is 0.342 e. The smallest absolute Gasteiger partial charge is 0.342 e. The molecule has 238 valence electrons. The van der Waals surface area contributed by atoms with Crippen LogP contribution in [0.5, 0.6) is 0 Å². The number of esters is 5. The average molecular weight is 609 g/mol. The molecule has 2 aliphatic carbocycles. The highest BCUT2D eigenvalue weighted by Gasteiger charge is 2.88. The van der Waals surface area contributed by atoms with E-state index in [4.69, 9.17) is 28.4 Å². The van der Waals surface area contributed by atoms with E-state index in [1.165, 1.54) is 32.1 Å². The van der Waals surface area contributed by atoms with Crippen LogP contribution in [0.1, 0.15) is 68.2 Å². The number of epoxide rings is 1. The second-order valence-corrected chi connectivity index (χ2v) is 12.3. The minimum absolute atomic E-state index is 0.0214. The minimum Gasteiger partial charge on any atom is -0.459 e. The quantitative estimate of drug-likeness (QED) is 0.190. The molecule has 0 bridgehead atoms. The van der Waals surface area contributed by atoms with E-state index in [2.05, 4.69) is 0 Å². The van der Waals surface area contributed by atoms with Crippen LogP contribution in [-0.4, -0.2) is 93.5 Å². The van der Waals surface area contributed by atoms with E-state index in [1.54, 1.807) is 20.8 Å². The van der Waals surface area contributed by atoms with E-state index in [9.17, 15) is 34.2 Å². The molecule has 0 aromatic carbocycles. The summed E-state index contributed by atoms with van der Waals surface area (Å²) in [6.45, 7) is 11.1. The third kappa shape index (κ3) is 5.14. The largest absolute Gasteiger partial charge is 0.459 e. The molecule has 43 heavy (non-hydrogen) atoms. The van der Waals surface area contributed by atoms with Crippen molar-refractivity contribution in [1.82, 2.24) is 0 Å². The van der Waals surface area contributed by atoms with Gasteiger partial charge in [-0.2, -0.15) is 0 Å². The van der Waals surface area contributed by atoms with Crippen LogP contribution in [0.25, 0.3) is 0 Å². The number of hydrogen-bond donors (Lipinski definition) is 2. The molecule has 0 unspecified atom stereocenters. The lowest BCUT2D eigenvalue weighted by Crippen LogP contribution is -2.69.